The zero-order chi connectivity index (χ0) is 15.5. The van der Waals surface area contributed by atoms with Gasteiger partial charge in [-0.15, -0.1) is 0 Å². The number of nitrogens with zero attached hydrogens (tertiary/aromatic N) is 1. The van der Waals surface area contributed by atoms with Crippen LogP contribution in [-0.2, 0) is 6.54 Å². The van der Waals surface area contributed by atoms with Gasteiger partial charge in [0.25, 0.3) is 0 Å². The molecule has 1 aliphatic rings. The zero-order valence-corrected chi connectivity index (χ0v) is 11.8. The molecular formula is C15H18F3NO2. The number of carbonyl (C=O) groups excluding carboxylic acids is 1. The van der Waals surface area contributed by atoms with Crippen LogP contribution in [0.4, 0.5) is 13.2 Å². The molecule has 0 spiro atoms. The van der Waals surface area contributed by atoms with E-state index >= 15 is 0 Å². The number of ether oxygens (including phenoxy) is 1. The number of hydrogen-bond acceptors (Lipinski definition) is 3. The van der Waals surface area contributed by atoms with Crippen molar-refractivity contribution in [2.24, 2.45) is 5.92 Å². The molecule has 6 heteroatoms. The second-order valence-electron chi connectivity index (χ2n) is 5.31. The molecule has 0 radical (unpaired) electrons. The summed E-state index contributed by atoms with van der Waals surface area (Å²) in [6.07, 6.45) is -2.71. The molecule has 1 aromatic carbocycles. The smallest absolute Gasteiger partial charge is 0.393 e. The summed E-state index contributed by atoms with van der Waals surface area (Å²) < 4.78 is 43.7. The van der Waals surface area contributed by atoms with Crippen molar-refractivity contribution in [1.29, 1.82) is 0 Å². The largest absolute Gasteiger partial charge is 0.496 e. The van der Waals surface area contributed by atoms with Gasteiger partial charge in [0, 0.05) is 24.2 Å². The van der Waals surface area contributed by atoms with Crippen LogP contribution in [0.25, 0.3) is 0 Å². The highest BCUT2D eigenvalue weighted by Crippen LogP contribution is 2.34. The van der Waals surface area contributed by atoms with Crippen LogP contribution in [0.2, 0.25) is 0 Å². The predicted molar refractivity (Wildman–Crippen MR) is 72.4 cm³/mol. The van der Waals surface area contributed by atoms with E-state index in [0.717, 1.165) is 11.8 Å². The lowest BCUT2D eigenvalue weighted by Gasteiger charge is -2.34. The average molecular weight is 301 g/mol. The van der Waals surface area contributed by atoms with E-state index in [-0.39, 0.29) is 13.0 Å². The maximum absolute atomic E-state index is 12.8. The number of benzene rings is 1. The van der Waals surface area contributed by atoms with Crippen LogP contribution in [0, 0.1) is 5.92 Å². The minimum absolute atomic E-state index is 0.00201. The number of alkyl halides is 3. The Bertz CT molecular complexity index is 502. The van der Waals surface area contributed by atoms with Crippen molar-refractivity contribution in [2.75, 3.05) is 20.2 Å². The predicted octanol–water partition coefficient (Wildman–Crippen LogP) is 3.28. The summed E-state index contributed by atoms with van der Waals surface area (Å²) in [7, 11) is 1.51. The number of methoxy groups -OCH3 is 1. The maximum Gasteiger partial charge on any atom is 0.393 e. The van der Waals surface area contributed by atoms with Crippen LogP contribution in [0.5, 0.6) is 5.75 Å². The molecule has 21 heavy (non-hydrogen) atoms. The number of likely N-dealkylation sites (tertiary alicyclic amines) is 1. The zero-order valence-electron chi connectivity index (χ0n) is 11.8. The third kappa shape index (κ3) is 3.97. The minimum Gasteiger partial charge on any atom is -0.496 e. The van der Waals surface area contributed by atoms with Crippen LogP contribution in [0.15, 0.2) is 18.2 Å². The molecule has 0 amide bonds. The summed E-state index contributed by atoms with van der Waals surface area (Å²) in [4.78, 5) is 12.6. The van der Waals surface area contributed by atoms with E-state index in [1.165, 1.54) is 7.11 Å². The van der Waals surface area contributed by atoms with E-state index in [9.17, 15) is 18.0 Å². The summed E-state index contributed by atoms with van der Waals surface area (Å²) in [6, 6.07) is 4.97. The third-order valence-corrected chi connectivity index (χ3v) is 3.80. The van der Waals surface area contributed by atoms with Crippen molar-refractivity contribution >= 4 is 6.29 Å². The quantitative estimate of drug-likeness (QED) is 0.799. The number of aldehydes is 1. The maximum atomic E-state index is 12.8. The summed E-state index contributed by atoms with van der Waals surface area (Å²) in [5, 5.41) is 0. The van der Waals surface area contributed by atoms with Gasteiger partial charge in [0.05, 0.1) is 13.0 Å². The van der Waals surface area contributed by atoms with Gasteiger partial charge >= 0.3 is 6.18 Å². The lowest BCUT2D eigenvalue weighted by molar-refractivity contribution is -0.187. The molecule has 2 rings (SSSR count). The first-order valence-corrected chi connectivity index (χ1v) is 6.85. The van der Waals surface area contributed by atoms with E-state index in [4.69, 9.17) is 4.74 Å². The SMILES string of the molecule is COc1ccc(C=O)cc1CN1CCCC(C(F)(F)F)C1. The van der Waals surface area contributed by atoms with E-state index < -0.39 is 12.1 Å². The van der Waals surface area contributed by atoms with E-state index in [2.05, 4.69) is 0 Å². The molecule has 1 aromatic rings. The van der Waals surface area contributed by atoms with E-state index in [1.54, 1.807) is 23.1 Å². The van der Waals surface area contributed by atoms with Crippen molar-refractivity contribution in [3.8, 4) is 5.75 Å². The second-order valence-corrected chi connectivity index (χ2v) is 5.31. The molecule has 0 N–H and O–H groups in total. The standard InChI is InChI=1S/C15H18F3NO2/c1-21-14-5-4-11(10-20)7-12(14)8-19-6-2-3-13(9-19)15(16,17)18/h4-5,7,10,13H,2-3,6,8-9H2,1H3. The van der Waals surface area contributed by atoms with Gasteiger partial charge in [-0.1, -0.05) is 0 Å². The van der Waals surface area contributed by atoms with E-state index in [0.29, 0.717) is 30.8 Å². The summed E-state index contributed by atoms with van der Waals surface area (Å²) in [5.74, 6) is -0.679. The monoisotopic (exact) mass is 301 g/mol. The molecule has 0 aliphatic carbocycles. The first-order chi connectivity index (χ1) is 9.94. The molecule has 1 saturated heterocycles. The van der Waals surface area contributed by atoms with Crippen LogP contribution in [-0.4, -0.2) is 37.6 Å². The lowest BCUT2D eigenvalue weighted by Crippen LogP contribution is -2.41. The Labute approximate surface area is 121 Å². The minimum atomic E-state index is -4.15. The van der Waals surface area contributed by atoms with E-state index in [1.807, 2.05) is 0 Å². The Kier molecular flexibility index (Phi) is 4.88. The molecule has 1 unspecified atom stereocenters. The van der Waals surface area contributed by atoms with Crippen molar-refractivity contribution < 1.29 is 22.7 Å². The Balaban J connectivity index is 2.12. The number of hydrogen-bond donors (Lipinski definition) is 0. The summed E-state index contributed by atoms with van der Waals surface area (Å²) in [5.41, 5.74) is 1.24. The van der Waals surface area contributed by atoms with Crippen molar-refractivity contribution in [3.05, 3.63) is 29.3 Å². The van der Waals surface area contributed by atoms with Gasteiger partial charge in [-0.3, -0.25) is 9.69 Å². The van der Waals surface area contributed by atoms with Gasteiger partial charge in [-0.05, 0) is 37.6 Å². The topological polar surface area (TPSA) is 29.5 Å². The summed E-state index contributed by atoms with van der Waals surface area (Å²) in [6.45, 7) is 0.983. The highest BCUT2D eigenvalue weighted by molar-refractivity contribution is 5.75. The van der Waals surface area contributed by atoms with Crippen LogP contribution in [0.3, 0.4) is 0 Å². The first-order valence-electron chi connectivity index (χ1n) is 6.85. The third-order valence-electron chi connectivity index (χ3n) is 3.80. The Morgan fingerprint density at radius 3 is 2.81 bits per heavy atom. The molecule has 0 saturated carbocycles. The van der Waals surface area contributed by atoms with Gasteiger partial charge in [-0.2, -0.15) is 13.2 Å². The Morgan fingerprint density at radius 1 is 1.43 bits per heavy atom. The fraction of sp³-hybridized carbons (Fsp3) is 0.533. The van der Waals surface area contributed by atoms with Gasteiger partial charge in [0.2, 0.25) is 0 Å². The molecule has 0 aromatic heterocycles. The van der Waals surface area contributed by atoms with Crippen LogP contribution in [0.1, 0.15) is 28.8 Å². The molecule has 0 bridgehead atoms. The average Bonchev–Trinajstić information content (AvgIpc) is 2.46. The number of carbonyl (C=O) groups is 1. The molecule has 3 nitrogen and oxygen atoms in total. The van der Waals surface area contributed by atoms with Gasteiger partial charge in [-0.25, -0.2) is 0 Å². The number of rotatable bonds is 4. The highest BCUT2D eigenvalue weighted by Gasteiger charge is 2.41. The molecule has 1 heterocycles. The van der Waals surface area contributed by atoms with Crippen molar-refractivity contribution in [3.63, 3.8) is 0 Å². The van der Waals surface area contributed by atoms with Crippen LogP contribution >= 0.6 is 0 Å². The highest BCUT2D eigenvalue weighted by atomic mass is 19.4. The van der Waals surface area contributed by atoms with Crippen LogP contribution < -0.4 is 4.74 Å². The molecular weight excluding hydrogens is 283 g/mol. The van der Waals surface area contributed by atoms with Crippen molar-refractivity contribution in [2.45, 2.75) is 25.6 Å². The number of piperidine rings is 1. The molecule has 1 aliphatic heterocycles. The second kappa shape index (κ2) is 6.47. The Morgan fingerprint density at radius 2 is 2.19 bits per heavy atom. The molecule has 116 valence electrons. The first kappa shape index (κ1) is 15.8. The van der Waals surface area contributed by atoms with Gasteiger partial charge < -0.3 is 4.74 Å². The van der Waals surface area contributed by atoms with Gasteiger partial charge in [0.1, 0.15) is 12.0 Å². The lowest BCUT2D eigenvalue weighted by atomic mass is 9.97. The Hall–Kier alpha value is -1.56. The molecule has 1 atom stereocenters. The summed E-state index contributed by atoms with van der Waals surface area (Å²) >= 11 is 0. The molecule has 1 fully saturated rings. The fourth-order valence-electron chi connectivity index (χ4n) is 2.70. The van der Waals surface area contributed by atoms with Crippen molar-refractivity contribution in [1.82, 2.24) is 4.90 Å². The fourth-order valence-corrected chi connectivity index (χ4v) is 2.70. The van der Waals surface area contributed by atoms with Gasteiger partial charge in [0.15, 0.2) is 0 Å². The number of halogens is 3. The normalized spacial score (nSPS) is 20.3.